The van der Waals surface area contributed by atoms with Gasteiger partial charge in [0.25, 0.3) is 0 Å². The molecule has 2 aromatic rings. The number of nitrogens with zero attached hydrogens (tertiary/aromatic N) is 2. The molecule has 3 nitrogen and oxygen atoms in total. The Morgan fingerprint density at radius 1 is 1.27 bits per heavy atom. The maximum absolute atomic E-state index is 5.14. The highest BCUT2D eigenvalue weighted by atomic mass is 79.9. The molecular weight excluding hydrogens is 358 g/mol. The lowest BCUT2D eigenvalue weighted by Gasteiger charge is -2.24. The van der Waals surface area contributed by atoms with E-state index in [-0.39, 0.29) is 6.17 Å². The SMILES string of the molecule is Cc1ccc(Br)c(CC2=NNC(C=S)N2c2ccccc2)c1. The molecule has 2 aromatic carbocycles. The first kappa shape index (κ1) is 15.2. The van der Waals surface area contributed by atoms with E-state index in [9.17, 15) is 0 Å². The van der Waals surface area contributed by atoms with Gasteiger partial charge in [0, 0.05) is 21.9 Å². The van der Waals surface area contributed by atoms with Crippen molar-refractivity contribution in [3.8, 4) is 0 Å². The number of benzene rings is 2. The summed E-state index contributed by atoms with van der Waals surface area (Å²) in [6.07, 6.45) is 0.653. The van der Waals surface area contributed by atoms with Gasteiger partial charge in [0.05, 0.1) is 0 Å². The second kappa shape index (κ2) is 6.58. The van der Waals surface area contributed by atoms with E-state index in [0.29, 0.717) is 0 Å². The summed E-state index contributed by atoms with van der Waals surface area (Å²) in [5.41, 5.74) is 6.64. The van der Waals surface area contributed by atoms with E-state index in [0.717, 1.165) is 22.4 Å². The summed E-state index contributed by atoms with van der Waals surface area (Å²) in [5.74, 6) is 0.962. The number of halogens is 1. The first-order valence-corrected chi connectivity index (χ1v) is 8.32. The number of rotatable bonds is 4. The molecule has 0 fully saturated rings. The molecule has 1 N–H and O–H groups in total. The molecule has 0 amide bonds. The Kier molecular flexibility index (Phi) is 4.55. The van der Waals surface area contributed by atoms with Gasteiger partial charge in [0.1, 0.15) is 12.0 Å². The summed E-state index contributed by atoms with van der Waals surface area (Å²) in [5, 5.41) is 6.19. The summed E-state index contributed by atoms with van der Waals surface area (Å²) in [4.78, 5) is 2.14. The van der Waals surface area contributed by atoms with Crippen molar-refractivity contribution in [3.05, 3.63) is 64.1 Å². The van der Waals surface area contributed by atoms with Crippen LogP contribution in [0.5, 0.6) is 0 Å². The molecule has 1 atom stereocenters. The van der Waals surface area contributed by atoms with Gasteiger partial charge in [-0.05, 0) is 30.7 Å². The van der Waals surface area contributed by atoms with Crippen molar-refractivity contribution < 1.29 is 0 Å². The van der Waals surface area contributed by atoms with E-state index in [2.05, 4.69) is 68.6 Å². The van der Waals surface area contributed by atoms with Crippen LogP contribution < -0.4 is 10.3 Å². The van der Waals surface area contributed by atoms with Gasteiger partial charge in [0.2, 0.25) is 0 Å². The first-order chi connectivity index (χ1) is 10.7. The molecule has 0 saturated carbocycles. The molecule has 112 valence electrons. The van der Waals surface area contributed by atoms with E-state index in [1.54, 1.807) is 5.37 Å². The average Bonchev–Trinajstić information content (AvgIpc) is 2.94. The maximum Gasteiger partial charge on any atom is 0.150 e. The van der Waals surface area contributed by atoms with E-state index < -0.39 is 0 Å². The highest BCUT2D eigenvalue weighted by Gasteiger charge is 2.27. The predicted molar refractivity (Wildman–Crippen MR) is 99.5 cm³/mol. The zero-order valence-corrected chi connectivity index (χ0v) is 14.6. The maximum atomic E-state index is 5.14. The third-order valence-electron chi connectivity index (χ3n) is 3.60. The van der Waals surface area contributed by atoms with Gasteiger partial charge < -0.3 is 4.90 Å². The highest BCUT2D eigenvalue weighted by molar-refractivity contribution is 9.10. The zero-order valence-electron chi connectivity index (χ0n) is 12.2. The van der Waals surface area contributed by atoms with Crippen LogP contribution in [-0.4, -0.2) is 17.4 Å². The molecule has 0 aliphatic carbocycles. The fourth-order valence-electron chi connectivity index (χ4n) is 2.54. The number of hydrogen-bond acceptors (Lipinski definition) is 4. The summed E-state index contributed by atoms with van der Waals surface area (Å²) in [6.45, 7) is 2.10. The van der Waals surface area contributed by atoms with E-state index >= 15 is 0 Å². The lowest BCUT2D eigenvalue weighted by Crippen LogP contribution is -2.41. The molecular formula is C17H16BrN3S. The van der Waals surface area contributed by atoms with Gasteiger partial charge in [-0.2, -0.15) is 5.10 Å². The molecule has 0 saturated heterocycles. The monoisotopic (exact) mass is 373 g/mol. The Morgan fingerprint density at radius 3 is 2.77 bits per heavy atom. The molecule has 0 aromatic heterocycles. The van der Waals surface area contributed by atoms with Crippen LogP contribution in [0, 0.1) is 6.92 Å². The Morgan fingerprint density at radius 2 is 2.05 bits per heavy atom. The van der Waals surface area contributed by atoms with E-state index in [4.69, 9.17) is 12.2 Å². The summed E-state index contributed by atoms with van der Waals surface area (Å²) >= 11 is 8.76. The molecule has 0 radical (unpaired) electrons. The lowest BCUT2D eigenvalue weighted by molar-refractivity contribution is 0.734. The Labute approximate surface area is 144 Å². The Bertz CT molecular complexity index is 715. The van der Waals surface area contributed by atoms with E-state index in [1.165, 1.54) is 11.1 Å². The van der Waals surface area contributed by atoms with Gasteiger partial charge in [-0.1, -0.05) is 64.0 Å². The van der Waals surface area contributed by atoms with Gasteiger partial charge in [-0.25, -0.2) is 0 Å². The van der Waals surface area contributed by atoms with Crippen LogP contribution in [0.2, 0.25) is 0 Å². The van der Waals surface area contributed by atoms with Crippen molar-refractivity contribution in [3.63, 3.8) is 0 Å². The van der Waals surface area contributed by atoms with Gasteiger partial charge >= 0.3 is 0 Å². The molecule has 1 aliphatic rings. The van der Waals surface area contributed by atoms with Crippen molar-refractivity contribution in [2.24, 2.45) is 5.10 Å². The molecule has 0 spiro atoms. The van der Waals surface area contributed by atoms with Crippen molar-refractivity contribution in [1.82, 2.24) is 5.43 Å². The van der Waals surface area contributed by atoms with Crippen LogP contribution in [0.3, 0.4) is 0 Å². The fraction of sp³-hybridized carbons (Fsp3) is 0.176. The van der Waals surface area contributed by atoms with Crippen LogP contribution in [0.15, 0.2) is 58.1 Å². The minimum Gasteiger partial charge on any atom is -0.301 e. The number of hydrazone groups is 1. The molecule has 1 aliphatic heterocycles. The summed E-state index contributed by atoms with van der Waals surface area (Å²) < 4.78 is 1.10. The normalized spacial score (nSPS) is 17.1. The minimum absolute atomic E-state index is 0.0871. The topological polar surface area (TPSA) is 27.6 Å². The smallest absolute Gasteiger partial charge is 0.150 e. The average molecular weight is 374 g/mol. The van der Waals surface area contributed by atoms with Crippen molar-refractivity contribution in [2.75, 3.05) is 4.90 Å². The number of hydrogen-bond donors (Lipinski definition) is 1. The minimum atomic E-state index is -0.0871. The van der Waals surface area contributed by atoms with Crippen molar-refractivity contribution in [2.45, 2.75) is 19.5 Å². The van der Waals surface area contributed by atoms with Crippen molar-refractivity contribution in [1.29, 1.82) is 0 Å². The molecule has 5 heteroatoms. The highest BCUT2D eigenvalue weighted by Crippen LogP contribution is 2.24. The van der Waals surface area contributed by atoms with Crippen LogP contribution in [-0.2, 0) is 6.42 Å². The van der Waals surface area contributed by atoms with Gasteiger partial charge in [-0.15, -0.1) is 0 Å². The van der Waals surface area contributed by atoms with Crippen LogP contribution in [0.1, 0.15) is 11.1 Å². The van der Waals surface area contributed by atoms with Crippen molar-refractivity contribution >= 4 is 45.0 Å². The number of anilines is 1. The first-order valence-electron chi connectivity index (χ1n) is 7.06. The van der Waals surface area contributed by atoms with Crippen LogP contribution in [0.25, 0.3) is 0 Å². The number of nitrogens with one attached hydrogen (secondary N) is 1. The third-order valence-corrected chi connectivity index (χ3v) is 4.63. The van der Waals surface area contributed by atoms with Crippen LogP contribution in [0.4, 0.5) is 5.69 Å². The molecule has 3 rings (SSSR count). The van der Waals surface area contributed by atoms with Gasteiger partial charge in [-0.3, -0.25) is 5.43 Å². The number of para-hydroxylation sites is 1. The summed E-state index contributed by atoms with van der Waals surface area (Å²) in [7, 11) is 0. The predicted octanol–water partition coefficient (Wildman–Crippen LogP) is 4.05. The summed E-state index contributed by atoms with van der Waals surface area (Å²) in [6, 6.07) is 16.5. The lowest BCUT2D eigenvalue weighted by atomic mass is 10.1. The van der Waals surface area contributed by atoms with Crippen LogP contribution >= 0.6 is 28.1 Å². The molecule has 1 unspecified atom stereocenters. The van der Waals surface area contributed by atoms with E-state index in [1.807, 2.05) is 18.2 Å². The second-order valence-corrected chi connectivity index (χ2v) is 6.34. The third kappa shape index (κ3) is 3.05. The number of aryl methyl sites for hydroxylation is 1. The second-order valence-electron chi connectivity index (χ2n) is 5.22. The Balaban J connectivity index is 1.92. The molecule has 0 bridgehead atoms. The Hall–Kier alpha value is -1.72. The fourth-order valence-corrected chi connectivity index (χ4v) is 3.11. The number of amidine groups is 1. The largest absolute Gasteiger partial charge is 0.301 e. The quantitative estimate of drug-likeness (QED) is 0.819. The molecule has 22 heavy (non-hydrogen) atoms. The standard InChI is InChI=1S/C17H16BrN3S/c1-12-7-8-15(18)13(9-12)10-16-19-20-17(11-22)21(16)14-5-3-2-4-6-14/h2-9,11,17,20H,10H2,1H3. The van der Waals surface area contributed by atoms with Gasteiger partial charge in [0.15, 0.2) is 0 Å². The zero-order chi connectivity index (χ0) is 15.5. The number of thiocarbonyl (C=S) groups is 1. The molecule has 1 heterocycles.